The van der Waals surface area contributed by atoms with E-state index in [1.165, 1.54) is 0 Å². The molecule has 0 saturated carbocycles. The molecule has 0 aliphatic heterocycles. The van der Waals surface area contributed by atoms with Gasteiger partial charge in [-0.2, -0.15) is 0 Å². The van der Waals surface area contributed by atoms with Crippen LogP contribution in [0.3, 0.4) is 0 Å². The molecule has 1 aliphatic rings. The van der Waals surface area contributed by atoms with Crippen molar-refractivity contribution in [1.82, 2.24) is 10.9 Å². The van der Waals surface area contributed by atoms with Crippen molar-refractivity contribution in [1.29, 1.82) is 0 Å². The molecule has 16 heavy (non-hydrogen) atoms. The Kier molecular flexibility index (Phi) is 4.78. The molecule has 6 heteroatoms. The fourth-order valence-electron chi connectivity index (χ4n) is 1.04. The molecule has 1 aliphatic carbocycles. The molecule has 0 bridgehead atoms. The Morgan fingerprint density at radius 3 is 3.00 bits per heavy atom. The van der Waals surface area contributed by atoms with Gasteiger partial charge in [0.2, 0.25) is 0 Å². The number of rotatable bonds is 4. The molecule has 0 aromatic heterocycles. The molecule has 0 saturated heterocycles. The van der Waals surface area contributed by atoms with Crippen LogP contribution in [0.1, 0.15) is 12.8 Å². The number of allylic oxidation sites excluding steroid dienone is 3. The van der Waals surface area contributed by atoms with Crippen LogP contribution in [0.25, 0.3) is 0 Å². The molecule has 0 aromatic rings. The number of aliphatic hydroxyl groups is 2. The maximum Gasteiger partial charge on any atom is 0.426 e. The summed E-state index contributed by atoms with van der Waals surface area (Å²) in [5.74, 6) is -0.424. The van der Waals surface area contributed by atoms with Crippen molar-refractivity contribution in [2.75, 3.05) is 6.61 Å². The summed E-state index contributed by atoms with van der Waals surface area (Å²) in [4.78, 5) is 11.0. The maximum absolute atomic E-state index is 11.0. The minimum absolute atomic E-state index is 0.376. The van der Waals surface area contributed by atoms with Gasteiger partial charge >= 0.3 is 6.09 Å². The molecule has 4 N–H and O–H groups in total. The van der Waals surface area contributed by atoms with Crippen molar-refractivity contribution in [2.24, 2.45) is 0 Å². The summed E-state index contributed by atoms with van der Waals surface area (Å²) in [7, 11) is 0. The normalized spacial score (nSPS) is 15.2. The summed E-state index contributed by atoms with van der Waals surface area (Å²) in [6, 6.07) is 0. The van der Waals surface area contributed by atoms with Gasteiger partial charge in [0, 0.05) is 5.70 Å². The molecule has 0 heterocycles. The SMILES string of the molecule is O=C(NNC1=CCCC=C1)OC/C(O)=C/O. The van der Waals surface area contributed by atoms with E-state index in [9.17, 15) is 4.79 Å². The number of carbonyl (C=O) groups is 1. The van der Waals surface area contributed by atoms with Crippen LogP contribution in [-0.2, 0) is 4.74 Å². The van der Waals surface area contributed by atoms with Crippen LogP contribution in [0.4, 0.5) is 4.79 Å². The van der Waals surface area contributed by atoms with Gasteiger partial charge in [-0.1, -0.05) is 12.2 Å². The molecule has 1 amide bonds. The second-order valence-corrected chi connectivity index (χ2v) is 3.09. The standard InChI is InChI=1S/C10H14N2O4/c13-6-9(14)7-16-10(15)12-11-8-4-2-1-3-5-8/h2,4-6,11,13-14H,1,3,7H2,(H,12,15)/b9-6-. The van der Waals surface area contributed by atoms with E-state index in [4.69, 9.17) is 10.2 Å². The van der Waals surface area contributed by atoms with Gasteiger partial charge < -0.3 is 14.9 Å². The number of amides is 1. The Labute approximate surface area is 92.9 Å². The third-order valence-electron chi connectivity index (χ3n) is 1.80. The minimum Gasteiger partial charge on any atom is -0.512 e. The van der Waals surface area contributed by atoms with E-state index < -0.39 is 11.9 Å². The number of hydrogen-bond acceptors (Lipinski definition) is 5. The van der Waals surface area contributed by atoms with Gasteiger partial charge in [-0.3, -0.25) is 5.43 Å². The molecule has 0 atom stereocenters. The maximum atomic E-state index is 11.0. The van der Waals surface area contributed by atoms with E-state index in [-0.39, 0.29) is 6.61 Å². The average Bonchev–Trinajstić information content (AvgIpc) is 2.34. The zero-order chi connectivity index (χ0) is 11.8. The van der Waals surface area contributed by atoms with Crippen molar-refractivity contribution >= 4 is 6.09 Å². The zero-order valence-electron chi connectivity index (χ0n) is 8.64. The van der Waals surface area contributed by atoms with Gasteiger partial charge in [0.1, 0.15) is 6.26 Å². The highest BCUT2D eigenvalue weighted by Crippen LogP contribution is 2.05. The first-order valence-corrected chi connectivity index (χ1v) is 4.80. The Morgan fingerprint density at radius 1 is 1.56 bits per heavy atom. The van der Waals surface area contributed by atoms with Gasteiger partial charge in [-0.25, -0.2) is 10.2 Å². The van der Waals surface area contributed by atoms with Gasteiger partial charge in [-0.05, 0) is 18.9 Å². The van der Waals surface area contributed by atoms with Gasteiger partial charge in [0.15, 0.2) is 12.4 Å². The molecule has 1 rings (SSSR count). The predicted octanol–water partition coefficient (Wildman–Crippen LogP) is 1.41. The van der Waals surface area contributed by atoms with E-state index in [1.54, 1.807) is 0 Å². The van der Waals surface area contributed by atoms with Crippen LogP contribution in [0.2, 0.25) is 0 Å². The van der Waals surface area contributed by atoms with Crippen molar-refractivity contribution in [3.05, 3.63) is 35.9 Å². The highest BCUT2D eigenvalue weighted by atomic mass is 16.6. The number of carbonyl (C=O) groups excluding carboxylic acids is 1. The average molecular weight is 226 g/mol. The number of nitrogens with one attached hydrogen (secondary N) is 2. The lowest BCUT2D eigenvalue weighted by Crippen LogP contribution is -2.37. The van der Waals surface area contributed by atoms with E-state index in [0.29, 0.717) is 6.26 Å². The summed E-state index contributed by atoms with van der Waals surface area (Å²) < 4.78 is 4.54. The van der Waals surface area contributed by atoms with E-state index in [1.807, 2.05) is 18.2 Å². The van der Waals surface area contributed by atoms with Crippen LogP contribution in [-0.4, -0.2) is 22.9 Å². The quantitative estimate of drug-likeness (QED) is 0.430. The highest BCUT2D eigenvalue weighted by Gasteiger charge is 2.03. The highest BCUT2D eigenvalue weighted by molar-refractivity contribution is 5.66. The van der Waals surface area contributed by atoms with Crippen molar-refractivity contribution in [3.63, 3.8) is 0 Å². The molecule has 0 spiro atoms. The second-order valence-electron chi connectivity index (χ2n) is 3.09. The Bertz CT molecular complexity index is 334. The van der Waals surface area contributed by atoms with E-state index >= 15 is 0 Å². The topological polar surface area (TPSA) is 90.8 Å². The largest absolute Gasteiger partial charge is 0.512 e. The molecule has 0 aromatic carbocycles. The third-order valence-corrected chi connectivity index (χ3v) is 1.80. The van der Waals surface area contributed by atoms with Crippen LogP contribution >= 0.6 is 0 Å². The summed E-state index contributed by atoms with van der Waals surface area (Å²) in [6.45, 7) is -0.376. The Hall–Kier alpha value is -2.11. The Balaban J connectivity index is 2.20. The second kappa shape index (κ2) is 6.39. The summed E-state index contributed by atoms with van der Waals surface area (Å²) in [6.07, 6.45) is 7.39. The van der Waals surface area contributed by atoms with Crippen molar-refractivity contribution in [2.45, 2.75) is 12.8 Å². The first-order valence-electron chi connectivity index (χ1n) is 4.80. The fraction of sp³-hybridized carbons (Fsp3) is 0.300. The molecule has 0 unspecified atom stereocenters. The summed E-state index contributed by atoms with van der Waals surface area (Å²) in [5.41, 5.74) is 5.71. The zero-order valence-corrected chi connectivity index (χ0v) is 8.64. The van der Waals surface area contributed by atoms with Crippen molar-refractivity contribution in [3.8, 4) is 0 Å². The molecule has 0 fully saturated rings. The lowest BCUT2D eigenvalue weighted by molar-refractivity contribution is 0.136. The smallest absolute Gasteiger partial charge is 0.426 e. The molecule has 6 nitrogen and oxygen atoms in total. The van der Waals surface area contributed by atoms with Crippen LogP contribution in [0, 0.1) is 0 Å². The van der Waals surface area contributed by atoms with Gasteiger partial charge in [0.05, 0.1) is 0 Å². The first-order chi connectivity index (χ1) is 7.72. The monoisotopic (exact) mass is 226 g/mol. The number of hydrazine groups is 1. The number of ether oxygens (including phenoxy) is 1. The lowest BCUT2D eigenvalue weighted by atomic mass is 10.2. The summed E-state index contributed by atoms with van der Waals surface area (Å²) in [5, 5.41) is 17.1. The van der Waals surface area contributed by atoms with E-state index in [2.05, 4.69) is 15.6 Å². The van der Waals surface area contributed by atoms with Crippen LogP contribution < -0.4 is 10.9 Å². The molecule has 0 radical (unpaired) electrons. The fourth-order valence-corrected chi connectivity index (χ4v) is 1.04. The van der Waals surface area contributed by atoms with Gasteiger partial charge in [0.25, 0.3) is 0 Å². The molecule has 88 valence electrons. The van der Waals surface area contributed by atoms with Crippen LogP contribution in [0.15, 0.2) is 35.9 Å². The lowest BCUT2D eigenvalue weighted by Gasteiger charge is -2.11. The van der Waals surface area contributed by atoms with Gasteiger partial charge in [-0.15, -0.1) is 0 Å². The summed E-state index contributed by atoms with van der Waals surface area (Å²) >= 11 is 0. The van der Waals surface area contributed by atoms with Crippen LogP contribution in [0.5, 0.6) is 0 Å². The minimum atomic E-state index is -0.742. The third kappa shape index (κ3) is 4.41. The first kappa shape index (κ1) is 12.0. The number of aliphatic hydroxyl groups excluding tert-OH is 2. The Morgan fingerprint density at radius 2 is 2.38 bits per heavy atom. The molecular formula is C10H14N2O4. The number of hydrogen-bond donors (Lipinski definition) is 4. The van der Waals surface area contributed by atoms with E-state index in [0.717, 1.165) is 18.5 Å². The molecular weight excluding hydrogens is 212 g/mol. The predicted molar refractivity (Wildman–Crippen MR) is 57.4 cm³/mol. The van der Waals surface area contributed by atoms with Crippen molar-refractivity contribution < 1.29 is 19.7 Å².